The third-order valence-corrected chi connectivity index (χ3v) is 4.56. The Morgan fingerprint density at radius 3 is 1.95 bits per heavy atom. The van der Waals surface area contributed by atoms with Crippen molar-refractivity contribution in [1.29, 1.82) is 0 Å². The molecule has 0 aromatic carbocycles. The highest BCUT2D eigenvalue weighted by Gasteiger charge is 2.18. The van der Waals surface area contributed by atoms with E-state index in [-0.39, 0.29) is 6.61 Å². The average Bonchev–Trinajstić information content (AvgIpc) is 2.54. The minimum atomic E-state index is -0.666. The predicted octanol–water partition coefficient (Wildman–Crippen LogP) is 4.79. The average molecular weight is 316 g/mol. The number of aliphatic hydroxyl groups is 1. The molecule has 22 heavy (non-hydrogen) atoms. The van der Waals surface area contributed by atoms with E-state index < -0.39 is 12.3 Å². The Morgan fingerprint density at radius 2 is 1.45 bits per heavy atom. The first-order valence-corrected chi connectivity index (χ1v) is 8.94. The van der Waals surface area contributed by atoms with Gasteiger partial charge < -0.3 is 14.6 Å². The van der Waals surface area contributed by atoms with Crippen LogP contribution in [-0.4, -0.2) is 30.6 Å². The third kappa shape index (κ3) is 10.0. The Kier molecular flexibility index (Phi) is 12.3. The van der Waals surface area contributed by atoms with E-state index in [1.54, 1.807) is 0 Å². The number of ether oxygens (including phenoxy) is 2. The topological polar surface area (TPSA) is 55.8 Å². The molecule has 0 aliphatic heterocycles. The molecule has 0 aliphatic rings. The second-order valence-corrected chi connectivity index (χ2v) is 6.47. The smallest absolute Gasteiger partial charge is 0.434 e. The number of hydrogen-bond donors (Lipinski definition) is 1. The summed E-state index contributed by atoms with van der Waals surface area (Å²) >= 11 is 0. The van der Waals surface area contributed by atoms with Gasteiger partial charge in [-0.05, 0) is 37.0 Å². The molecule has 4 unspecified atom stereocenters. The zero-order valence-electron chi connectivity index (χ0n) is 15.1. The van der Waals surface area contributed by atoms with Crippen LogP contribution in [-0.2, 0) is 9.47 Å². The molecule has 0 fully saturated rings. The molecule has 0 bridgehead atoms. The van der Waals surface area contributed by atoms with Crippen LogP contribution >= 0.6 is 0 Å². The van der Waals surface area contributed by atoms with Gasteiger partial charge in [0.25, 0.3) is 0 Å². The molecule has 0 heterocycles. The molecular weight excluding hydrogens is 280 g/mol. The van der Waals surface area contributed by atoms with Crippen LogP contribution in [0.2, 0.25) is 0 Å². The lowest BCUT2D eigenvalue weighted by Crippen LogP contribution is -2.21. The van der Waals surface area contributed by atoms with E-state index in [4.69, 9.17) is 9.47 Å². The zero-order chi connectivity index (χ0) is 17.0. The quantitative estimate of drug-likeness (QED) is 0.526. The number of carbonyl (C=O) groups excluding carboxylic acids is 1. The second-order valence-electron chi connectivity index (χ2n) is 6.47. The van der Waals surface area contributed by atoms with Gasteiger partial charge in [-0.15, -0.1) is 0 Å². The highest BCUT2D eigenvalue weighted by molar-refractivity contribution is 5.59. The van der Waals surface area contributed by atoms with Gasteiger partial charge in [0, 0.05) is 0 Å². The molecule has 0 aromatic rings. The highest BCUT2D eigenvalue weighted by Crippen LogP contribution is 2.26. The van der Waals surface area contributed by atoms with Crippen molar-refractivity contribution in [3.05, 3.63) is 0 Å². The Labute approximate surface area is 136 Å². The molecule has 4 atom stereocenters. The zero-order valence-corrected chi connectivity index (χ0v) is 15.1. The molecule has 0 spiro atoms. The molecule has 4 heteroatoms. The van der Waals surface area contributed by atoms with E-state index in [1.165, 1.54) is 19.3 Å². The molecule has 0 saturated heterocycles. The van der Waals surface area contributed by atoms with Crippen LogP contribution in [0.15, 0.2) is 0 Å². The van der Waals surface area contributed by atoms with Crippen LogP contribution in [0.25, 0.3) is 0 Å². The van der Waals surface area contributed by atoms with Gasteiger partial charge in [-0.2, -0.15) is 0 Å². The number of rotatable bonds is 12. The van der Waals surface area contributed by atoms with Crippen molar-refractivity contribution >= 4 is 6.16 Å². The monoisotopic (exact) mass is 316 g/mol. The molecule has 1 N–H and O–H groups in total. The molecule has 4 nitrogen and oxygen atoms in total. The maximum absolute atomic E-state index is 11.5. The Bertz CT molecular complexity index is 280. The Balaban J connectivity index is 4.10. The van der Waals surface area contributed by atoms with Crippen molar-refractivity contribution in [3.8, 4) is 0 Å². The lowest BCUT2D eigenvalue weighted by atomic mass is 9.84. The van der Waals surface area contributed by atoms with Crippen LogP contribution < -0.4 is 0 Å². The summed E-state index contributed by atoms with van der Waals surface area (Å²) in [5.41, 5.74) is 0. The minimum Gasteiger partial charge on any atom is -0.434 e. The SMILES string of the molecule is CCC(C)CC(CC)CC(CC)COC(=O)OCC(O)CC. The number of hydrogen-bond acceptors (Lipinski definition) is 4. The minimum absolute atomic E-state index is 0.0116. The van der Waals surface area contributed by atoms with Gasteiger partial charge in [-0.25, -0.2) is 4.79 Å². The Hall–Kier alpha value is -0.770. The van der Waals surface area contributed by atoms with Gasteiger partial charge in [0.15, 0.2) is 0 Å². The third-order valence-electron chi connectivity index (χ3n) is 4.56. The van der Waals surface area contributed by atoms with Crippen molar-refractivity contribution in [2.45, 2.75) is 79.2 Å². The molecule has 0 saturated carbocycles. The lowest BCUT2D eigenvalue weighted by molar-refractivity contribution is 0.00951. The predicted molar refractivity (Wildman–Crippen MR) is 89.8 cm³/mol. The van der Waals surface area contributed by atoms with Crippen LogP contribution in [0.3, 0.4) is 0 Å². The standard InChI is InChI=1S/C18H36O4/c1-6-14(5)10-15(7-2)11-16(8-3)12-21-18(20)22-13-17(19)9-4/h14-17,19H,6-13H2,1-5H3. The summed E-state index contributed by atoms with van der Waals surface area (Å²) in [6.45, 7) is 11.2. The van der Waals surface area contributed by atoms with Gasteiger partial charge in [0.1, 0.15) is 6.61 Å². The summed E-state index contributed by atoms with van der Waals surface area (Å²) in [6.07, 6.45) is 5.04. The number of carbonyl (C=O) groups is 1. The first-order valence-electron chi connectivity index (χ1n) is 8.94. The molecule has 0 radical (unpaired) electrons. The van der Waals surface area contributed by atoms with Gasteiger partial charge >= 0.3 is 6.16 Å². The van der Waals surface area contributed by atoms with E-state index >= 15 is 0 Å². The summed E-state index contributed by atoms with van der Waals surface area (Å²) in [5, 5.41) is 9.36. The van der Waals surface area contributed by atoms with Crippen LogP contribution in [0.1, 0.15) is 73.1 Å². The van der Waals surface area contributed by atoms with Crippen LogP contribution in [0.5, 0.6) is 0 Å². The van der Waals surface area contributed by atoms with Gasteiger partial charge in [0.05, 0.1) is 12.7 Å². The first-order chi connectivity index (χ1) is 10.5. The fourth-order valence-corrected chi connectivity index (χ4v) is 2.50. The summed E-state index contributed by atoms with van der Waals surface area (Å²) in [4.78, 5) is 11.5. The molecule has 0 rings (SSSR count). The molecule has 132 valence electrons. The first kappa shape index (κ1) is 21.2. The summed E-state index contributed by atoms with van der Waals surface area (Å²) in [5.74, 6) is 1.84. The van der Waals surface area contributed by atoms with Gasteiger partial charge in [0.2, 0.25) is 0 Å². The number of aliphatic hydroxyl groups excluding tert-OH is 1. The Morgan fingerprint density at radius 1 is 0.864 bits per heavy atom. The van der Waals surface area contributed by atoms with Crippen molar-refractivity contribution in [3.63, 3.8) is 0 Å². The summed E-state index contributed by atoms with van der Waals surface area (Å²) < 4.78 is 10.1. The normalized spacial score (nSPS) is 16.6. The van der Waals surface area contributed by atoms with Gasteiger partial charge in [-0.1, -0.05) is 53.9 Å². The second kappa shape index (κ2) is 12.7. The van der Waals surface area contributed by atoms with Crippen LogP contribution in [0, 0.1) is 17.8 Å². The van der Waals surface area contributed by atoms with Crippen molar-refractivity contribution in [2.75, 3.05) is 13.2 Å². The molecule has 0 amide bonds. The van der Waals surface area contributed by atoms with Crippen molar-refractivity contribution in [1.82, 2.24) is 0 Å². The van der Waals surface area contributed by atoms with Crippen molar-refractivity contribution in [2.24, 2.45) is 17.8 Å². The molecule has 0 aromatic heterocycles. The fraction of sp³-hybridized carbons (Fsp3) is 0.944. The fourth-order valence-electron chi connectivity index (χ4n) is 2.50. The summed E-state index contributed by atoms with van der Waals surface area (Å²) in [6, 6.07) is 0. The van der Waals surface area contributed by atoms with E-state index in [1.807, 2.05) is 6.92 Å². The highest BCUT2D eigenvalue weighted by atomic mass is 16.7. The van der Waals surface area contributed by atoms with Crippen LogP contribution in [0.4, 0.5) is 4.79 Å². The summed E-state index contributed by atoms with van der Waals surface area (Å²) in [7, 11) is 0. The maximum atomic E-state index is 11.5. The van der Waals surface area contributed by atoms with E-state index in [2.05, 4.69) is 27.7 Å². The van der Waals surface area contributed by atoms with Crippen molar-refractivity contribution < 1.29 is 19.4 Å². The maximum Gasteiger partial charge on any atom is 0.508 e. The molecule has 0 aliphatic carbocycles. The largest absolute Gasteiger partial charge is 0.508 e. The van der Waals surface area contributed by atoms with E-state index in [0.29, 0.717) is 24.9 Å². The lowest BCUT2D eigenvalue weighted by Gasteiger charge is -2.23. The van der Waals surface area contributed by atoms with E-state index in [0.717, 1.165) is 18.8 Å². The molecular formula is C18H36O4. The van der Waals surface area contributed by atoms with Gasteiger partial charge in [-0.3, -0.25) is 0 Å². The van der Waals surface area contributed by atoms with E-state index in [9.17, 15) is 9.90 Å².